The molecule has 2 rings (SSSR count). The Bertz CT molecular complexity index is 604. The maximum Gasteiger partial charge on any atom is 0.139 e. The zero-order valence-corrected chi connectivity index (χ0v) is 14.7. The number of hydrogen-bond acceptors (Lipinski definition) is 4. The van der Waals surface area contributed by atoms with Crippen molar-refractivity contribution in [3.63, 3.8) is 0 Å². The fourth-order valence-electron chi connectivity index (χ4n) is 1.99. The number of aromatic nitrogens is 2. The largest absolute Gasteiger partial charge is 0.327 e. The van der Waals surface area contributed by atoms with Crippen molar-refractivity contribution in [2.45, 2.75) is 43.4 Å². The Labute approximate surface area is 138 Å². The van der Waals surface area contributed by atoms with E-state index >= 15 is 0 Å². The van der Waals surface area contributed by atoms with Crippen molar-refractivity contribution in [3.8, 4) is 0 Å². The van der Waals surface area contributed by atoms with Crippen molar-refractivity contribution in [2.24, 2.45) is 5.73 Å². The van der Waals surface area contributed by atoms with Crippen LogP contribution in [-0.2, 0) is 12.2 Å². The molecule has 1 aromatic heterocycles. The van der Waals surface area contributed by atoms with E-state index in [4.69, 9.17) is 5.73 Å². The minimum absolute atomic E-state index is 0.171. The molecule has 1 unspecified atom stereocenters. The summed E-state index contributed by atoms with van der Waals surface area (Å²) in [4.78, 5) is 10.4. The van der Waals surface area contributed by atoms with Crippen molar-refractivity contribution >= 4 is 27.7 Å². The Kier molecular flexibility index (Phi) is 6.21. The SMILES string of the molecule is CCC(N)Cc1cc(C)nc(CSc2cccc(Br)c2)n1. The minimum Gasteiger partial charge on any atom is -0.327 e. The molecule has 2 N–H and O–H groups in total. The van der Waals surface area contributed by atoms with Crippen LogP contribution >= 0.6 is 27.7 Å². The lowest BCUT2D eigenvalue weighted by Crippen LogP contribution is -2.22. The highest BCUT2D eigenvalue weighted by Gasteiger charge is 2.07. The smallest absolute Gasteiger partial charge is 0.139 e. The fourth-order valence-corrected chi connectivity index (χ4v) is 3.35. The van der Waals surface area contributed by atoms with E-state index in [1.54, 1.807) is 11.8 Å². The second kappa shape index (κ2) is 7.92. The van der Waals surface area contributed by atoms with Crippen LogP contribution in [0.3, 0.4) is 0 Å². The molecule has 3 nitrogen and oxygen atoms in total. The van der Waals surface area contributed by atoms with E-state index in [2.05, 4.69) is 45.0 Å². The van der Waals surface area contributed by atoms with Crippen molar-refractivity contribution in [2.75, 3.05) is 0 Å². The van der Waals surface area contributed by atoms with Crippen LogP contribution in [0.5, 0.6) is 0 Å². The lowest BCUT2D eigenvalue weighted by atomic mass is 10.1. The molecule has 0 saturated carbocycles. The first-order chi connectivity index (χ1) is 10.1. The van der Waals surface area contributed by atoms with Gasteiger partial charge in [0, 0.05) is 33.2 Å². The summed E-state index contributed by atoms with van der Waals surface area (Å²) in [6.45, 7) is 4.11. The summed E-state index contributed by atoms with van der Waals surface area (Å²) < 4.78 is 1.09. The van der Waals surface area contributed by atoms with Crippen LogP contribution < -0.4 is 5.73 Å². The molecular weight excluding hydrogens is 346 g/mol. The van der Waals surface area contributed by atoms with Gasteiger partial charge < -0.3 is 5.73 Å². The number of thioether (sulfide) groups is 1. The molecule has 1 heterocycles. The summed E-state index contributed by atoms with van der Waals surface area (Å²) >= 11 is 5.23. The first-order valence-electron chi connectivity index (χ1n) is 7.04. The van der Waals surface area contributed by atoms with Gasteiger partial charge in [-0.05, 0) is 37.6 Å². The average molecular weight is 366 g/mol. The van der Waals surface area contributed by atoms with Gasteiger partial charge >= 0.3 is 0 Å². The van der Waals surface area contributed by atoms with Crippen LogP contribution in [-0.4, -0.2) is 16.0 Å². The van der Waals surface area contributed by atoms with Crippen molar-refractivity contribution in [3.05, 3.63) is 52.0 Å². The van der Waals surface area contributed by atoms with Gasteiger partial charge in [-0.15, -0.1) is 11.8 Å². The maximum atomic E-state index is 6.02. The van der Waals surface area contributed by atoms with E-state index in [0.29, 0.717) is 0 Å². The highest BCUT2D eigenvalue weighted by Crippen LogP contribution is 2.24. The molecular formula is C16H20BrN3S. The molecule has 0 spiro atoms. The van der Waals surface area contributed by atoms with Crippen LogP contribution in [0.4, 0.5) is 0 Å². The van der Waals surface area contributed by atoms with Crippen LogP contribution in [0.25, 0.3) is 0 Å². The van der Waals surface area contributed by atoms with E-state index in [-0.39, 0.29) is 6.04 Å². The van der Waals surface area contributed by atoms with Crippen molar-refractivity contribution in [1.82, 2.24) is 9.97 Å². The molecule has 0 aliphatic rings. The molecule has 2 aromatic rings. The summed E-state index contributed by atoms with van der Waals surface area (Å²) in [5.74, 6) is 1.64. The Morgan fingerprint density at radius 1 is 1.29 bits per heavy atom. The summed E-state index contributed by atoms with van der Waals surface area (Å²) in [6, 6.07) is 10.5. The van der Waals surface area contributed by atoms with Gasteiger partial charge in [-0.1, -0.05) is 28.9 Å². The highest BCUT2D eigenvalue weighted by molar-refractivity contribution is 9.10. The van der Waals surface area contributed by atoms with Gasteiger partial charge in [0.1, 0.15) is 5.82 Å². The van der Waals surface area contributed by atoms with E-state index < -0.39 is 0 Å². The maximum absolute atomic E-state index is 6.02. The number of nitrogens with zero attached hydrogens (tertiary/aromatic N) is 2. The topological polar surface area (TPSA) is 51.8 Å². The summed E-state index contributed by atoms with van der Waals surface area (Å²) in [5.41, 5.74) is 8.07. The molecule has 5 heteroatoms. The molecule has 0 bridgehead atoms. The summed E-state index contributed by atoms with van der Waals surface area (Å²) in [5, 5.41) is 0. The molecule has 1 aromatic carbocycles. The number of aryl methyl sites for hydroxylation is 1. The van der Waals surface area contributed by atoms with Gasteiger partial charge in [-0.2, -0.15) is 0 Å². The summed E-state index contributed by atoms with van der Waals surface area (Å²) in [7, 11) is 0. The lowest BCUT2D eigenvalue weighted by molar-refractivity contribution is 0.633. The Morgan fingerprint density at radius 2 is 2.10 bits per heavy atom. The van der Waals surface area contributed by atoms with Crippen LogP contribution in [0.1, 0.15) is 30.6 Å². The first-order valence-corrected chi connectivity index (χ1v) is 8.82. The molecule has 1 atom stereocenters. The Balaban J connectivity index is 2.06. The first kappa shape index (κ1) is 16.5. The minimum atomic E-state index is 0.171. The third-order valence-electron chi connectivity index (χ3n) is 3.11. The van der Waals surface area contributed by atoms with Gasteiger partial charge in [0.05, 0.1) is 5.75 Å². The predicted molar refractivity (Wildman–Crippen MR) is 92.4 cm³/mol. The van der Waals surface area contributed by atoms with E-state index in [0.717, 1.165) is 40.3 Å². The van der Waals surface area contributed by atoms with E-state index in [1.165, 1.54) is 4.90 Å². The molecule has 0 amide bonds. The normalized spacial score (nSPS) is 12.4. The zero-order valence-electron chi connectivity index (χ0n) is 12.3. The monoisotopic (exact) mass is 365 g/mol. The van der Waals surface area contributed by atoms with Crippen molar-refractivity contribution in [1.29, 1.82) is 0 Å². The molecule has 0 fully saturated rings. The fraction of sp³-hybridized carbons (Fsp3) is 0.375. The van der Waals surface area contributed by atoms with Crippen LogP contribution in [0, 0.1) is 6.92 Å². The van der Waals surface area contributed by atoms with Gasteiger partial charge in [0.15, 0.2) is 0 Å². The zero-order chi connectivity index (χ0) is 15.2. The lowest BCUT2D eigenvalue weighted by Gasteiger charge is -2.10. The van der Waals surface area contributed by atoms with Gasteiger partial charge in [0.2, 0.25) is 0 Å². The van der Waals surface area contributed by atoms with Crippen LogP contribution in [0.2, 0.25) is 0 Å². The quantitative estimate of drug-likeness (QED) is 0.782. The molecule has 0 saturated heterocycles. The third-order valence-corrected chi connectivity index (χ3v) is 4.60. The van der Waals surface area contributed by atoms with Gasteiger partial charge in [-0.3, -0.25) is 0 Å². The van der Waals surface area contributed by atoms with Gasteiger partial charge in [0.25, 0.3) is 0 Å². The number of hydrogen-bond donors (Lipinski definition) is 1. The Hall–Kier alpha value is -0.910. The molecule has 0 radical (unpaired) electrons. The Morgan fingerprint density at radius 3 is 2.81 bits per heavy atom. The standard InChI is InChI=1S/C16H20BrN3S/c1-3-13(18)9-14-7-11(2)19-16(20-14)10-21-15-6-4-5-12(17)8-15/h4-8,13H,3,9-10,18H2,1-2H3. The molecule has 0 aliphatic heterocycles. The molecule has 0 aliphatic carbocycles. The number of halogens is 1. The summed E-state index contributed by atoms with van der Waals surface area (Å²) in [6.07, 6.45) is 1.78. The number of benzene rings is 1. The van der Waals surface area contributed by atoms with Crippen molar-refractivity contribution < 1.29 is 0 Å². The second-order valence-electron chi connectivity index (χ2n) is 5.04. The number of nitrogens with two attached hydrogens (primary N) is 1. The third kappa shape index (κ3) is 5.41. The van der Waals surface area contributed by atoms with E-state index in [9.17, 15) is 0 Å². The molecule has 21 heavy (non-hydrogen) atoms. The predicted octanol–water partition coefficient (Wildman–Crippen LogP) is 4.12. The van der Waals surface area contributed by atoms with E-state index in [1.807, 2.05) is 25.1 Å². The van der Waals surface area contributed by atoms with Crippen LogP contribution in [0.15, 0.2) is 39.7 Å². The highest BCUT2D eigenvalue weighted by atomic mass is 79.9. The molecule has 112 valence electrons. The number of rotatable bonds is 6. The second-order valence-corrected chi connectivity index (χ2v) is 7.00. The van der Waals surface area contributed by atoms with Gasteiger partial charge in [-0.25, -0.2) is 9.97 Å². The average Bonchev–Trinajstić information content (AvgIpc) is 2.44.